The number of rotatable bonds is 10. The Labute approximate surface area is 271 Å². The number of benzene rings is 2. The zero-order valence-corrected chi connectivity index (χ0v) is 28.2. The fourth-order valence-corrected chi connectivity index (χ4v) is 6.67. The van der Waals surface area contributed by atoms with Gasteiger partial charge in [-0.15, -0.1) is 0 Å². The summed E-state index contributed by atoms with van der Waals surface area (Å²) >= 11 is 0. The van der Waals surface area contributed by atoms with E-state index in [1.165, 1.54) is 50.3 Å². The van der Waals surface area contributed by atoms with Crippen molar-refractivity contribution < 1.29 is 14.2 Å². The fraction of sp³-hybridized carbons (Fsp3) is 0.500. The van der Waals surface area contributed by atoms with Crippen LogP contribution >= 0.6 is 0 Å². The molecule has 0 saturated carbocycles. The number of hydrogen-bond acceptors (Lipinski definition) is 11. The van der Waals surface area contributed by atoms with Crippen LogP contribution in [0.3, 0.4) is 0 Å². The second kappa shape index (κ2) is 13.7. The van der Waals surface area contributed by atoms with Crippen LogP contribution in [0.15, 0.2) is 30.5 Å². The predicted octanol–water partition coefficient (Wildman–Crippen LogP) is 4.98. The largest absolute Gasteiger partial charge is 0.494 e. The summed E-state index contributed by atoms with van der Waals surface area (Å²) in [4.78, 5) is 17.1. The first-order valence-electron chi connectivity index (χ1n) is 16.1. The van der Waals surface area contributed by atoms with Gasteiger partial charge in [-0.3, -0.25) is 4.90 Å². The van der Waals surface area contributed by atoms with Crippen molar-refractivity contribution in [3.05, 3.63) is 47.2 Å². The molecule has 2 aromatic carbocycles. The lowest BCUT2D eigenvalue weighted by Crippen LogP contribution is -2.52. The van der Waals surface area contributed by atoms with E-state index in [2.05, 4.69) is 63.3 Å². The monoisotopic (exact) mass is 629 g/mol. The molecule has 2 fully saturated rings. The van der Waals surface area contributed by atoms with E-state index in [1.807, 2.05) is 26.1 Å². The molecule has 246 valence electrons. The number of methoxy groups -OCH3 is 2. The number of fused-ring (bicyclic) bond motifs is 1. The van der Waals surface area contributed by atoms with Crippen molar-refractivity contribution in [2.24, 2.45) is 7.05 Å². The standard InChI is InChI=1S/C34H47N9O3/c1-22-8-9-29(46-21-44-6)24(3)31(22)37-32-26-20-35-34(38-33(26)41(5)39-32)36-27-18-23(2)28(19-30(27)45-7)43-12-10-25(11-13-43)42-16-14-40(4)15-17-42/h8-9,18-20,25H,10-17,21H2,1-7H3,(H,37,39)(H,35,36,38). The molecule has 0 amide bonds. The van der Waals surface area contributed by atoms with Gasteiger partial charge >= 0.3 is 0 Å². The first kappa shape index (κ1) is 31.8. The van der Waals surface area contributed by atoms with Crippen molar-refractivity contribution in [3.63, 3.8) is 0 Å². The molecule has 2 aliphatic heterocycles. The van der Waals surface area contributed by atoms with Gasteiger partial charge in [0.25, 0.3) is 0 Å². The highest BCUT2D eigenvalue weighted by Gasteiger charge is 2.28. The molecule has 0 atom stereocenters. The lowest BCUT2D eigenvalue weighted by atomic mass is 10.0. The third kappa shape index (κ3) is 6.55. The van der Waals surface area contributed by atoms with Crippen molar-refractivity contribution in [1.29, 1.82) is 0 Å². The Bertz CT molecular complexity index is 1670. The highest BCUT2D eigenvalue weighted by atomic mass is 16.7. The lowest BCUT2D eigenvalue weighted by Gasteiger charge is -2.43. The summed E-state index contributed by atoms with van der Waals surface area (Å²) < 4.78 is 18.5. The van der Waals surface area contributed by atoms with Crippen LogP contribution in [0.2, 0.25) is 0 Å². The highest BCUT2D eigenvalue weighted by Crippen LogP contribution is 2.37. The zero-order valence-electron chi connectivity index (χ0n) is 28.2. The Balaban J connectivity index is 1.18. The van der Waals surface area contributed by atoms with Crippen LogP contribution in [0.1, 0.15) is 29.5 Å². The number of hydrogen-bond donors (Lipinski definition) is 2. The number of piperazine rings is 1. The maximum atomic E-state index is 5.87. The minimum Gasteiger partial charge on any atom is -0.494 e. The maximum absolute atomic E-state index is 5.87. The van der Waals surface area contributed by atoms with Gasteiger partial charge in [-0.25, -0.2) is 9.67 Å². The van der Waals surface area contributed by atoms with E-state index in [9.17, 15) is 0 Å². The molecule has 12 nitrogen and oxygen atoms in total. The van der Waals surface area contributed by atoms with E-state index in [0.29, 0.717) is 23.5 Å². The fourth-order valence-electron chi connectivity index (χ4n) is 6.67. The van der Waals surface area contributed by atoms with Gasteiger partial charge in [0, 0.05) is 88.7 Å². The van der Waals surface area contributed by atoms with Crippen molar-refractivity contribution in [1.82, 2.24) is 29.5 Å². The van der Waals surface area contributed by atoms with E-state index in [0.717, 1.165) is 52.5 Å². The zero-order chi connectivity index (χ0) is 32.4. The Morgan fingerprint density at radius 3 is 2.37 bits per heavy atom. The highest BCUT2D eigenvalue weighted by molar-refractivity contribution is 5.90. The molecule has 0 radical (unpaired) electrons. The van der Waals surface area contributed by atoms with Crippen LogP contribution in [-0.4, -0.2) is 103 Å². The first-order chi connectivity index (χ1) is 22.2. The second-order valence-corrected chi connectivity index (χ2v) is 12.5. The van der Waals surface area contributed by atoms with Crippen LogP contribution in [-0.2, 0) is 11.8 Å². The number of anilines is 5. The summed E-state index contributed by atoms with van der Waals surface area (Å²) in [7, 11) is 7.42. The smallest absolute Gasteiger partial charge is 0.229 e. The van der Waals surface area contributed by atoms with Crippen molar-refractivity contribution >= 4 is 39.9 Å². The minimum absolute atomic E-state index is 0.183. The number of ether oxygens (including phenoxy) is 3. The topological polar surface area (TPSA) is 105 Å². The number of aromatic nitrogens is 4. The Hall–Kier alpha value is -4.13. The van der Waals surface area contributed by atoms with Crippen LogP contribution in [0.4, 0.5) is 28.8 Å². The lowest BCUT2D eigenvalue weighted by molar-refractivity contribution is 0.0507. The van der Waals surface area contributed by atoms with E-state index in [-0.39, 0.29) is 6.79 Å². The molecule has 0 aliphatic carbocycles. The molecule has 2 aromatic heterocycles. The van der Waals surface area contributed by atoms with Gasteiger partial charge in [-0.05, 0) is 63.9 Å². The average molecular weight is 630 g/mol. The SMILES string of the molecule is COCOc1ccc(C)c(Nc2nn(C)c3nc(Nc4cc(C)c(N5CCC(N6CCN(C)CC6)CC5)cc4OC)ncc23)c1C. The second-order valence-electron chi connectivity index (χ2n) is 12.5. The summed E-state index contributed by atoms with van der Waals surface area (Å²) in [6.07, 6.45) is 4.17. The molecule has 6 rings (SSSR count). The maximum Gasteiger partial charge on any atom is 0.229 e. The third-order valence-corrected chi connectivity index (χ3v) is 9.40. The quantitative estimate of drug-likeness (QED) is 0.232. The average Bonchev–Trinajstić information content (AvgIpc) is 3.37. The van der Waals surface area contributed by atoms with Crippen LogP contribution in [0.5, 0.6) is 11.5 Å². The molecule has 0 spiro atoms. The van der Waals surface area contributed by atoms with E-state index >= 15 is 0 Å². The van der Waals surface area contributed by atoms with E-state index < -0.39 is 0 Å². The molecule has 0 unspecified atom stereocenters. The molecule has 2 saturated heterocycles. The van der Waals surface area contributed by atoms with Gasteiger partial charge in [-0.2, -0.15) is 10.1 Å². The van der Waals surface area contributed by atoms with Gasteiger partial charge in [-0.1, -0.05) is 6.07 Å². The van der Waals surface area contributed by atoms with E-state index in [1.54, 1.807) is 25.1 Å². The van der Waals surface area contributed by atoms with Gasteiger partial charge in [0.1, 0.15) is 11.5 Å². The number of likely N-dealkylation sites (N-methyl/N-ethyl adjacent to an activating group) is 1. The van der Waals surface area contributed by atoms with Crippen LogP contribution in [0.25, 0.3) is 11.0 Å². The summed E-state index contributed by atoms with van der Waals surface area (Å²) in [6.45, 7) is 13.2. The molecule has 12 heteroatoms. The Kier molecular flexibility index (Phi) is 9.48. The first-order valence-corrected chi connectivity index (χ1v) is 16.1. The predicted molar refractivity (Wildman–Crippen MR) is 183 cm³/mol. The number of aryl methyl sites for hydroxylation is 3. The summed E-state index contributed by atoms with van der Waals surface area (Å²) in [5, 5.41) is 12.4. The molecule has 2 aliphatic rings. The third-order valence-electron chi connectivity index (χ3n) is 9.40. The molecule has 4 aromatic rings. The van der Waals surface area contributed by atoms with Gasteiger partial charge in [0.15, 0.2) is 18.3 Å². The van der Waals surface area contributed by atoms with Crippen LogP contribution in [0, 0.1) is 20.8 Å². The van der Waals surface area contributed by atoms with Gasteiger partial charge in [0.2, 0.25) is 5.95 Å². The molecule has 46 heavy (non-hydrogen) atoms. The number of nitrogens with zero attached hydrogens (tertiary/aromatic N) is 7. The normalized spacial score (nSPS) is 16.6. The minimum atomic E-state index is 0.183. The Morgan fingerprint density at radius 1 is 0.891 bits per heavy atom. The Morgan fingerprint density at radius 2 is 1.65 bits per heavy atom. The van der Waals surface area contributed by atoms with Gasteiger partial charge < -0.3 is 34.6 Å². The molecular formula is C34H47N9O3. The van der Waals surface area contributed by atoms with E-state index in [4.69, 9.17) is 24.3 Å². The molecular weight excluding hydrogens is 582 g/mol. The molecule has 4 heterocycles. The molecule has 2 N–H and O–H groups in total. The summed E-state index contributed by atoms with van der Waals surface area (Å²) in [6, 6.07) is 8.92. The number of nitrogens with one attached hydrogen (secondary N) is 2. The van der Waals surface area contributed by atoms with Crippen molar-refractivity contribution in [2.45, 2.75) is 39.7 Å². The van der Waals surface area contributed by atoms with Crippen molar-refractivity contribution in [2.75, 3.05) is 82.9 Å². The molecule has 0 bridgehead atoms. The summed E-state index contributed by atoms with van der Waals surface area (Å²) in [5.41, 5.74) is 6.93. The van der Waals surface area contributed by atoms with Crippen molar-refractivity contribution in [3.8, 4) is 11.5 Å². The van der Waals surface area contributed by atoms with Crippen LogP contribution < -0.4 is 25.0 Å². The summed E-state index contributed by atoms with van der Waals surface area (Å²) in [5.74, 6) is 2.67. The van der Waals surface area contributed by atoms with Gasteiger partial charge in [0.05, 0.1) is 18.2 Å². The number of piperidine rings is 1.